The van der Waals surface area contributed by atoms with Crippen LogP contribution in [0.5, 0.6) is 0 Å². The van der Waals surface area contributed by atoms with E-state index in [1.165, 1.54) is 19.3 Å². The van der Waals surface area contributed by atoms with Crippen molar-refractivity contribution in [2.45, 2.75) is 65.8 Å². The van der Waals surface area contributed by atoms with E-state index in [2.05, 4.69) is 43.3 Å². The summed E-state index contributed by atoms with van der Waals surface area (Å²) in [4.78, 5) is 9.36. The van der Waals surface area contributed by atoms with Crippen LogP contribution in [0.2, 0.25) is 0 Å². The van der Waals surface area contributed by atoms with E-state index in [1.807, 2.05) is 7.05 Å². The van der Waals surface area contributed by atoms with Gasteiger partial charge in [0.15, 0.2) is 0 Å². The van der Waals surface area contributed by atoms with Crippen LogP contribution in [-0.4, -0.2) is 23.1 Å². The number of nitrogens with one attached hydrogen (secondary N) is 2. The van der Waals surface area contributed by atoms with Gasteiger partial charge in [-0.25, -0.2) is 9.97 Å². The highest BCUT2D eigenvalue weighted by Crippen LogP contribution is 2.36. The first-order valence-corrected chi connectivity index (χ1v) is 8.42. The fourth-order valence-electron chi connectivity index (χ4n) is 3.49. The summed E-state index contributed by atoms with van der Waals surface area (Å²) in [6.07, 6.45) is 5.87. The molecule has 0 amide bonds. The van der Waals surface area contributed by atoms with Crippen LogP contribution in [0.4, 0.5) is 11.6 Å². The van der Waals surface area contributed by atoms with E-state index in [4.69, 9.17) is 4.98 Å². The predicted molar refractivity (Wildman–Crippen MR) is 89.9 cm³/mol. The Balaban J connectivity index is 2.20. The Morgan fingerprint density at radius 1 is 1.14 bits per heavy atom. The maximum Gasteiger partial charge on any atom is 0.135 e. The van der Waals surface area contributed by atoms with Crippen molar-refractivity contribution < 1.29 is 0 Å². The van der Waals surface area contributed by atoms with E-state index < -0.39 is 0 Å². The quantitative estimate of drug-likeness (QED) is 0.831. The molecule has 0 radical (unpaired) electrons. The highest BCUT2D eigenvalue weighted by Gasteiger charge is 2.32. The van der Waals surface area contributed by atoms with Gasteiger partial charge in [-0.2, -0.15) is 0 Å². The summed E-state index contributed by atoms with van der Waals surface area (Å²) in [5.41, 5.74) is 1.13. The van der Waals surface area contributed by atoms with Crippen molar-refractivity contribution in [3.05, 3.63) is 11.4 Å². The summed E-state index contributed by atoms with van der Waals surface area (Å²) < 4.78 is 0. The zero-order chi connectivity index (χ0) is 15.4. The summed E-state index contributed by atoms with van der Waals surface area (Å²) in [5.74, 6) is 4.48. The van der Waals surface area contributed by atoms with Gasteiger partial charge in [0.1, 0.15) is 17.5 Å². The molecule has 1 fully saturated rings. The molecule has 2 rings (SSSR count). The molecule has 1 aromatic heterocycles. The highest BCUT2D eigenvalue weighted by molar-refractivity contribution is 5.57. The SMILES string of the molecule is CCCc1nc(NC)c(C)c(NC2CCC(CC)C2C)n1. The fourth-order valence-corrected chi connectivity index (χ4v) is 3.49. The van der Waals surface area contributed by atoms with Gasteiger partial charge in [-0.1, -0.05) is 27.2 Å². The molecule has 1 aliphatic rings. The van der Waals surface area contributed by atoms with Crippen molar-refractivity contribution >= 4 is 11.6 Å². The first kappa shape index (κ1) is 16.1. The molecule has 1 heterocycles. The Bertz CT molecular complexity index is 472. The van der Waals surface area contributed by atoms with Gasteiger partial charge in [-0.15, -0.1) is 0 Å². The summed E-state index contributed by atoms with van der Waals surface area (Å²) in [5, 5.41) is 6.91. The second-order valence-corrected chi connectivity index (χ2v) is 6.32. The average molecular weight is 290 g/mol. The molecule has 0 spiro atoms. The number of aromatic nitrogens is 2. The summed E-state index contributed by atoms with van der Waals surface area (Å²) in [6.45, 7) is 8.94. The van der Waals surface area contributed by atoms with Crippen LogP contribution >= 0.6 is 0 Å². The third-order valence-corrected chi connectivity index (χ3v) is 4.98. The molecule has 21 heavy (non-hydrogen) atoms. The Labute approximate surface area is 129 Å². The van der Waals surface area contributed by atoms with Crippen molar-refractivity contribution in [3.8, 4) is 0 Å². The lowest BCUT2D eigenvalue weighted by Crippen LogP contribution is -2.26. The molecule has 1 aromatic rings. The lowest BCUT2D eigenvalue weighted by atomic mass is 9.93. The Kier molecular flexibility index (Phi) is 5.43. The first-order valence-electron chi connectivity index (χ1n) is 8.42. The lowest BCUT2D eigenvalue weighted by Gasteiger charge is -2.23. The van der Waals surface area contributed by atoms with E-state index in [1.54, 1.807) is 0 Å². The summed E-state index contributed by atoms with van der Waals surface area (Å²) >= 11 is 0. The minimum absolute atomic E-state index is 0.544. The molecule has 3 atom stereocenters. The predicted octanol–water partition coefficient (Wildman–Crippen LogP) is 4.02. The molecule has 0 bridgehead atoms. The smallest absolute Gasteiger partial charge is 0.135 e. The molecule has 3 unspecified atom stereocenters. The molecular weight excluding hydrogens is 260 g/mol. The molecule has 1 aliphatic carbocycles. The molecule has 4 nitrogen and oxygen atoms in total. The van der Waals surface area contributed by atoms with Gasteiger partial charge in [0.05, 0.1) is 0 Å². The van der Waals surface area contributed by atoms with Crippen LogP contribution in [0.3, 0.4) is 0 Å². The van der Waals surface area contributed by atoms with Crippen LogP contribution in [0.25, 0.3) is 0 Å². The van der Waals surface area contributed by atoms with Crippen molar-refractivity contribution in [2.24, 2.45) is 11.8 Å². The number of nitrogens with zero attached hydrogens (tertiary/aromatic N) is 2. The Hall–Kier alpha value is -1.32. The summed E-state index contributed by atoms with van der Waals surface area (Å²) in [6, 6.07) is 0.544. The number of hydrogen-bond donors (Lipinski definition) is 2. The van der Waals surface area contributed by atoms with Gasteiger partial charge in [0.25, 0.3) is 0 Å². The van der Waals surface area contributed by atoms with Gasteiger partial charge < -0.3 is 10.6 Å². The molecule has 0 saturated heterocycles. The van der Waals surface area contributed by atoms with Crippen molar-refractivity contribution in [1.29, 1.82) is 0 Å². The van der Waals surface area contributed by atoms with E-state index in [0.29, 0.717) is 6.04 Å². The standard InChI is InChI=1S/C17H30N4/c1-6-8-15-20-16(18-5)12(4)17(21-15)19-14-10-9-13(7-2)11(14)3/h11,13-14H,6-10H2,1-5H3,(H2,18,19,20,21). The minimum atomic E-state index is 0.544. The number of rotatable bonds is 6. The third kappa shape index (κ3) is 3.47. The van der Waals surface area contributed by atoms with Crippen molar-refractivity contribution in [1.82, 2.24) is 9.97 Å². The molecule has 0 aromatic carbocycles. The average Bonchev–Trinajstić information content (AvgIpc) is 2.83. The van der Waals surface area contributed by atoms with Crippen LogP contribution in [0.1, 0.15) is 57.8 Å². The van der Waals surface area contributed by atoms with Gasteiger partial charge in [-0.05, 0) is 38.0 Å². The van der Waals surface area contributed by atoms with Gasteiger partial charge >= 0.3 is 0 Å². The normalized spacial score (nSPS) is 25.1. The highest BCUT2D eigenvalue weighted by atomic mass is 15.1. The number of aryl methyl sites for hydroxylation is 1. The van der Waals surface area contributed by atoms with Crippen LogP contribution in [0.15, 0.2) is 0 Å². The Morgan fingerprint density at radius 2 is 1.86 bits per heavy atom. The van der Waals surface area contributed by atoms with E-state index in [0.717, 1.165) is 47.7 Å². The Morgan fingerprint density at radius 3 is 2.43 bits per heavy atom. The topological polar surface area (TPSA) is 49.8 Å². The molecule has 1 saturated carbocycles. The van der Waals surface area contributed by atoms with Gasteiger partial charge in [0, 0.05) is 25.1 Å². The second-order valence-electron chi connectivity index (χ2n) is 6.32. The zero-order valence-corrected chi connectivity index (χ0v) is 14.2. The van der Waals surface area contributed by atoms with E-state index >= 15 is 0 Å². The van der Waals surface area contributed by atoms with Crippen LogP contribution < -0.4 is 10.6 Å². The van der Waals surface area contributed by atoms with Crippen molar-refractivity contribution in [2.75, 3.05) is 17.7 Å². The maximum atomic E-state index is 4.76. The van der Waals surface area contributed by atoms with Crippen molar-refractivity contribution in [3.63, 3.8) is 0 Å². The van der Waals surface area contributed by atoms with Gasteiger partial charge in [0.2, 0.25) is 0 Å². The largest absolute Gasteiger partial charge is 0.373 e. The molecule has 0 aliphatic heterocycles. The molecule has 4 heteroatoms. The first-order chi connectivity index (χ1) is 10.1. The lowest BCUT2D eigenvalue weighted by molar-refractivity contribution is 0.391. The minimum Gasteiger partial charge on any atom is -0.373 e. The van der Waals surface area contributed by atoms with Crippen LogP contribution in [-0.2, 0) is 6.42 Å². The summed E-state index contributed by atoms with van der Waals surface area (Å²) in [7, 11) is 1.93. The molecular formula is C17H30N4. The third-order valence-electron chi connectivity index (χ3n) is 4.98. The molecule has 2 N–H and O–H groups in total. The number of hydrogen-bond acceptors (Lipinski definition) is 4. The van der Waals surface area contributed by atoms with E-state index in [-0.39, 0.29) is 0 Å². The number of anilines is 2. The maximum absolute atomic E-state index is 4.76. The van der Waals surface area contributed by atoms with E-state index in [9.17, 15) is 0 Å². The molecule has 118 valence electrons. The zero-order valence-electron chi connectivity index (χ0n) is 14.2. The van der Waals surface area contributed by atoms with Gasteiger partial charge in [-0.3, -0.25) is 0 Å². The second kappa shape index (κ2) is 7.10. The van der Waals surface area contributed by atoms with Crippen LogP contribution in [0, 0.1) is 18.8 Å². The monoisotopic (exact) mass is 290 g/mol. The fraction of sp³-hybridized carbons (Fsp3) is 0.765.